The van der Waals surface area contributed by atoms with Crippen molar-refractivity contribution in [2.24, 2.45) is 7.05 Å². The second-order valence-corrected chi connectivity index (χ2v) is 6.95. The Morgan fingerprint density at radius 2 is 1.96 bits per heavy atom. The summed E-state index contributed by atoms with van der Waals surface area (Å²) in [6.45, 7) is 5.95. The van der Waals surface area contributed by atoms with Gasteiger partial charge in [0.1, 0.15) is 0 Å². The van der Waals surface area contributed by atoms with Crippen LogP contribution in [-0.2, 0) is 13.5 Å². The molecule has 0 saturated carbocycles. The summed E-state index contributed by atoms with van der Waals surface area (Å²) in [4.78, 5) is 12.2. The largest absolute Gasteiger partial charge is 0.331 e. The molecule has 0 saturated heterocycles. The van der Waals surface area contributed by atoms with Crippen molar-refractivity contribution in [3.8, 4) is 0 Å². The Kier molecular flexibility index (Phi) is 6.31. The van der Waals surface area contributed by atoms with E-state index >= 15 is 0 Å². The Morgan fingerprint density at radius 1 is 1.29 bits per heavy atom. The first kappa shape index (κ1) is 18.4. The lowest BCUT2D eigenvalue weighted by Gasteiger charge is -2.15. The maximum absolute atomic E-state index is 12.2. The third-order valence-electron chi connectivity index (χ3n) is 4.15. The predicted molar refractivity (Wildman–Crippen MR) is 102 cm³/mol. The van der Waals surface area contributed by atoms with E-state index in [0.717, 1.165) is 34.8 Å². The van der Waals surface area contributed by atoms with Crippen LogP contribution in [0.2, 0.25) is 0 Å². The van der Waals surface area contributed by atoms with Gasteiger partial charge in [-0.15, -0.1) is 0 Å². The molecular formula is C18H26N4OS. The van der Waals surface area contributed by atoms with Gasteiger partial charge in [0.15, 0.2) is 0 Å². The molecule has 2 rings (SSSR count). The van der Waals surface area contributed by atoms with E-state index in [-0.39, 0.29) is 12.1 Å². The lowest BCUT2D eigenvalue weighted by Crippen LogP contribution is -2.31. The monoisotopic (exact) mass is 346 g/mol. The van der Waals surface area contributed by atoms with E-state index in [2.05, 4.69) is 34.1 Å². The molecule has 1 aromatic carbocycles. The van der Waals surface area contributed by atoms with Gasteiger partial charge < -0.3 is 10.6 Å². The first-order chi connectivity index (χ1) is 11.4. The lowest BCUT2D eigenvalue weighted by atomic mass is 10.1. The van der Waals surface area contributed by atoms with Crippen molar-refractivity contribution in [1.82, 2.24) is 15.1 Å². The van der Waals surface area contributed by atoms with Crippen LogP contribution in [0.1, 0.15) is 35.5 Å². The molecule has 1 aromatic heterocycles. The molecule has 0 fully saturated rings. The number of amides is 2. The number of aromatic nitrogens is 2. The number of carbonyl (C=O) groups is 1. The normalized spacial score (nSPS) is 12.0. The van der Waals surface area contributed by atoms with Crippen molar-refractivity contribution in [2.45, 2.75) is 33.2 Å². The Hall–Kier alpha value is -1.95. The van der Waals surface area contributed by atoms with Crippen molar-refractivity contribution >= 4 is 23.5 Å². The maximum atomic E-state index is 12.2. The molecule has 5 nitrogen and oxygen atoms in total. The minimum atomic E-state index is -0.206. The zero-order chi connectivity index (χ0) is 17.7. The van der Waals surface area contributed by atoms with E-state index in [1.54, 1.807) is 0 Å². The standard InChI is InChI=1S/C18H26N4OS/c1-12(17-13(2)21-22(4)14(17)3)19-18(23)20-16-8-6-15(7-9-16)10-11-24-5/h6-9,12H,10-11H2,1-5H3,(H2,19,20,23)/t12-/m0/s1. The van der Waals surface area contributed by atoms with Crippen LogP contribution < -0.4 is 10.6 Å². The average molecular weight is 347 g/mol. The summed E-state index contributed by atoms with van der Waals surface area (Å²) in [5.74, 6) is 1.11. The third-order valence-corrected chi connectivity index (χ3v) is 4.76. The summed E-state index contributed by atoms with van der Waals surface area (Å²) < 4.78 is 1.84. The number of nitrogens with zero attached hydrogens (tertiary/aromatic N) is 2. The summed E-state index contributed by atoms with van der Waals surface area (Å²) in [5.41, 5.74) is 5.16. The minimum absolute atomic E-state index is 0.0976. The molecule has 0 radical (unpaired) electrons. The van der Waals surface area contributed by atoms with Crippen LogP contribution in [0.25, 0.3) is 0 Å². The number of urea groups is 1. The molecule has 24 heavy (non-hydrogen) atoms. The summed E-state index contributed by atoms with van der Waals surface area (Å²) >= 11 is 1.83. The van der Waals surface area contributed by atoms with Gasteiger partial charge in [-0.05, 0) is 56.9 Å². The van der Waals surface area contributed by atoms with Gasteiger partial charge in [-0.2, -0.15) is 16.9 Å². The number of anilines is 1. The molecule has 0 spiro atoms. The summed E-state index contributed by atoms with van der Waals surface area (Å²) in [6, 6.07) is 7.71. The summed E-state index contributed by atoms with van der Waals surface area (Å²) in [5, 5.41) is 10.3. The van der Waals surface area contributed by atoms with Gasteiger partial charge in [0.2, 0.25) is 0 Å². The SMILES string of the molecule is CSCCc1ccc(NC(=O)N[C@@H](C)c2c(C)nn(C)c2C)cc1. The van der Waals surface area contributed by atoms with Crippen LogP contribution in [0.3, 0.4) is 0 Å². The van der Waals surface area contributed by atoms with Crippen molar-refractivity contribution in [1.29, 1.82) is 0 Å². The van der Waals surface area contributed by atoms with E-state index in [0.29, 0.717) is 0 Å². The highest BCUT2D eigenvalue weighted by Crippen LogP contribution is 2.20. The van der Waals surface area contributed by atoms with E-state index in [1.807, 2.05) is 56.4 Å². The number of aryl methyl sites for hydroxylation is 3. The second-order valence-electron chi connectivity index (χ2n) is 5.97. The van der Waals surface area contributed by atoms with E-state index in [9.17, 15) is 4.79 Å². The number of thioether (sulfide) groups is 1. The van der Waals surface area contributed by atoms with Crippen LogP contribution in [0.5, 0.6) is 0 Å². The van der Waals surface area contributed by atoms with Gasteiger partial charge in [-0.3, -0.25) is 4.68 Å². The zero-order valence-electron chi connectivity index (χ0n) is 15.0. The molecule has 1 atom stereocenters. The van der Waals surface area contributed by atoms with Crippen molar-refractivity contribution in [3.63, 3.8) is 0 Å². The van der Waals surface area contributed by atoms with Gasteiger partial charge >= 0.3 is 6.03 Å². The number of hydrogen-bond acceptors (Lipinski definition) is 3. The topological polar surface area (TPSA) is 59.0 Å². The van der Waals surface area contributed by atoms with Crippen LogP contribution >= 0.6 is 11.8 Å². The molecule has 0 unspecified atom stereocenters. The maximum Gasteiger partial charge on any atom is 0.319 e. The third kappa shape index (κ3) is 4.54. The average Bonchev–Trinajstić information content (AvgIpc) is 2.79. The molecule has 2 N–H and O–H groups in total. The molecule has 0 aliphatic carbocycles. The number of carbonyl (C=O) groups excluding carboxylic acids is 1. The molecule has 1 heterocycles. The minimum Gasteiger partial charge on any atom is -0.331 e. The lowest BCUT2D eigenvalue weighted by molar-refractivity contribution is 0.249. The first-order valence-electron chi connectivity index (χ1n) is 8.08. The first-order valence-corrected chi connectivity index (χ1v) is 9.47. The second kappa shape index (κ2) is 8.24. The van der Waals surface area contributed by atoms with Crippen molar-refractivity contribution in [2.75, 3.05) is 17.3 Å². The summed E-state index contributed by atoms with van der Waals surface area (Å²) in [7, 11) is 1.91. The molecule has 130 valence electrons. The molecule has 0 bridgehead atoms. The highest BCUT2D eigenvalue weighted by Gasteiger charge is 2.18. The fourth-order valence-corrected chi connectivity index (χ4v) is 3.27. The van der Waals surface area contributed by atoms with Crippen LogP contribution in [0.15, 0.2) is 24.3 Å². The van der Waals surface area contributed by atoms with Crippen molar-refractivity contribution < 1.29 is 4.79 Å². The number of rotatable bonds is 6. The van der Waals surface area contributed by atoms with Crippen molar-refractivity contribution in [3.05, 3.63) is 46.8 Å². The number of nitrogens with one attached hydrogen (secondary N) is 2. The van der Waals surface area contributed by atoms with E-state index in [1.165, 1.54) is 5.56 Å². The Morgan fingerprint density at radius 3 is 2.50 bits per heavy atom. The smallest absolute Gasteiger partial charge is 0.319 e. The molecule has 2 amide bonds. The quantitative estimate of drug-likeness (QED) is 0.836. The molecule has 0 aliphatic rings. The Balaban J connectivity index is 1.95. The molecule has 2 aromatic rings. The van der Waals surface area contributed by atoms with Gasteiger partial charge in [-0.1, -0.05) is 12.1 Å². The van der Waals surface area contributed by atoms with Gasteiger partial charge in [0.05, 0.1) is 11.7 Å². The molecule has 6 heteroatoms. The van der Waals surface area contributed by atoms with Gasteiger partial charge in [0, 0.05) is 24.0 Å². The number of benzene rings is 1. The highest BCUT2D eigenvalue weighted by atomic mass is 32.2. The van der Waals surface area contributed by atoms with Crippen LogP contribution in [0, 0.1) is 13.8 Å². The fraction of sp³-hybridized carbons (Fsp3) is 0.444. The van der Waals surface area contributed by atoms with Crippen LogP contribution in [0.4, 0.5) is 10.5 Å². The van der Waals surface area contributed by atoms with E-state index < -0.39 is 0 Å². The van der Waals surface area contributed by atoms with Crippen LogP contribution in [-0.4, -0.2) is 27.8 Å². The predicted octanol–water partition coefficient (Wildman–Crippen LogP) is 3.83. The van der Waals surface area contributed by atoms with Gasteiger partial charge in [0.25, 0.3) is 0 Å². The Labute approximate surface area is 148 Å². The zero-order valence-corrected chi connectivity index (χ0v) is 15.8. The molecular weight excluding hydrogens is 320 g/mol. The molecule has 0 aliphatic heterocycles. The Bertz CT molecular complexity index is 694. The summed E-state index contributed by atoms with van der Waals surface area (Å²) in [6.07, 6.45) is 3.15. The highest BCUT2D eigenvalue weighted by molar-refractivity contribution is 7.98. The van der Waals surface area contributed by atoms with E-state index in [4.69, 9.17) is 0 Å². The number of hydrogen-bond donors (Lipinski definition) is 2. The van der Waals surface area contributed by atoms with Gasteiger partial charge in [-0.25, -0.2) is 4.79 Å². The fourth-order valence-electron chi connectivity index (χ4n) is 2.83.